The number of benzene rings is 1. The summed E-state index contributed by atoms with van der Waals surface area (Å²) >= 11 is 3.53. The van der Waals surface area contributed by atoms with Crippen LogP contribution in [0.1, 0.15) is 11.6 Å². The average molecular weight is 299 g/mol. The summed E-state index contributed by atoms with van der Waals surface area (Å²) < 4.78 is 6.69. The van der Waals surface area contributed by atoms with Gasteiger partial charge in [0, 0.05) is 11.0 Å². The first kappa shape index (κ1) is 13.0. The van der Waals surface area contributed by atoms with Crippen molar-refractivity contribution in [1.82, 2.24) is 10.2 Å². The molecule has 1 aliphatic rings. The monoisotopic (exact) mass is 298 g/mol. The molecule has 17 heavy (non-hydrogen) atoms. The van der Waals surface area contributed by atoms with Crippen molar-refractivity contribution >= 4 is 15.9 Å². The first-order valence-corrected chi connectivity index (χ1v) is 6.71. The van der Waals surface area contributed by atoms with Gasteiger partial charge in [-0.3, -0.25) is 0 Å². The summed E-state index contributed by atoms with van der Waals surface area (Å²) in [5, 5.41) is 3.54. The van der Waals surface area contributed by atoms with E-state index in [1.165, 1.54) is 5.56 Å². The zero-order chi connectivity index (χ0) is 12.3. The second kappa shape index (κ2) is 5.96. The molecule has 0 bridgehead atoms. The average Bonchev–Trinajstić information content (AvgIpc) is 2.30. The van der Waals surface area contributed by atoms with Crippen LogP contribution in [-0.4, -0.2) is 44.8 Å². The van der Waals surface area contributed by atoms with Gasteiger partial charge >= 0.3 is 0 Å². The highest BCUT2D eigenvalue weighted by molar-refractivity contribution is 9.10. The molecule has 0 saturated carbocycles. The van der Waals surface area contributed by atoms with Crippen LogP contribution in [0, 0.1) is 0 Å². The van der Waals surface area contributed by atoms with Crippen molar-refractivity contribution in [3.8, 4) is 0 Å². The highest BCUT2D eigenvalue weighted by Crippen LogP contribution is 2.25. The Morgan fingerprint density at radius 1 is 1.47 bits per heavy atom. The Kier molecular flexibility index (Phi) is 4.56. The second-order valence-corrected chi connectivity index (χ2v) is 5.51. The summed E-state index contributed by atoms with van der Waals surface area (Å²) in [6, 6.07) is 9.19. The number of morpholine rings is 1. The van der Waals surface area contributed by atoms with E-state index in [2.05, 4.69) is 64.5 Å². The van der Waals surface area contributed by atoms with Gasteiger partial charge in [-0.15, -0.1) is 0 Å². The molecule has 0 spiro atoms. The fourth-order valence-corrected chi connectivity index (χ4v) is 2.79. The van der Waals surface area contributed by atoms with Crippen molar-refractivity contribution in [2.24, 2.45) is 0 Å². The molecular formula is C13H19BrN2O. The normalized spacial score (nSPS) is 22.7. The van der Waals surface area contributed by atoms with E-state index in [-0.39, 0.29) is 0 Å². The SMILES string of the molecule is CN(C)C(c1cccc(Br)c1)C1COCCN1. The number of hydrogen-bond donors (Lipinski definition) is 1. The van der Waals surface area contributed by atoms with Gasteiger partial charge in [0.15, 0.2) is 0 Å². The van der Waals surface area contributed by atoms with Gasteiger partial charge in [0.25, 0.3) is 0 Å². The Morgan fingerprint density at radius 3 is 2.88 bits per heavy atom. The first-order chi connectivity index (χ1) is 8.18. The Labute approximate surface area is 111 Å². The molecule has 1 aliphatic heterocycles. The molecule has 1 N–H and O–H groups in total. The maximum atomic E-state index is 5.56. The predicted octanol–water partition coefficient (Wildman–Crippen LogP) is 2.04. The largest absolute Gasteiger partial charge is 0.378 e. The molecule has 1 aromatic rings. The molecule has 3 nitrogen and oxygen atoms in total. The van der Waals surface area contributed by atoms with Crippen molar-refractivity contribution in [3.05, 3.63) is 34.3 Å². The minimum absolute atomic E-state index is 0.341. The van der Waals surface area contributed by atoms with Crippen LogP contribution < -0.4 is 5.32 Å². The highest BCUT2D eigenvalue weighted by atomic mass is 79.9. The topological polar surface area (TPSA) is 24.5 Å². The van der Waals surface area contributed by atoms with E-state index in [4.69, 9.17) is 4.74 Å². The predicted molar refractivity (Wildman–Crippen MR) is 73.2 cm³/mol. The molecule has 1 fully saturated rings. The summed E-state index contributed by atoms with van der Waals surface area (Å²) in [5.41, 5.74) is 1.31. The van der Waals surface area contributed by atoms with Crippen LogP contribution in [0.15, 0.2) is 28.7 Å². The lowest BCUT2D eigenvalue weighted by molar-refractivity contribution is 0.0459. The molecule has 2 atom stereocenters. The smallest absolute Gasteiger partial charge is 0.0639 e. The van der Waals surface area contributed by atoms with Gasteiger partial charge in [-0.1, -0.05) is 28.1 Å². The number of halogens is 1. The minimum atomic E-state index is 0.341. The van der Waals surface area contributed by atoms with E-state index in [0.29, 0.717) is 12.1 Å². The highest BCUT2D eigenvalue weighted by Gasteiger charge is 2.26. The lowest BCUT2D eigenvalue weighted by Gasteiger charge is -2.35. The molecule has 0 radical (unpaired) electrons. The zero-order valence-corrected chi connectivity index (χ0v) is 11.9. The molecule has 1 saturated heterocycles. The number of likely N-dealkylation sites (N-methyl/N-ethyl adjacent to an activating group) is 1. The fourth-order valence-electron chi connectivity index (χ4n) is 2.37. The van der Waals surface area contributed by atoms with Crippen molar-refractivity contribution in [2.45, 2.75) is 12.1 Å². The third-order valence-electron chi connectivity index (χ3n) is 3.08. The second-order valence-electron chi connectivity index (χ2n) is 4.60. The van der Waals surface area contributed by atoms with Crippen LogP contribution in [0.3, 0.4) is 0 Å². The van der Waals surface area contributed by atoms with Gasteiger partial charge in [-0.2, -0.15) is 0 Å². The molecule has 0 amide bonds. The molecular weight excluding hydrogens is 280 g/mol. The molecule has 2 rings (SSSR count). The van der Waals surface area contributed by atoms with Crippen molar-refractivity contribution in [2.75, 3.05) is 33.9 Å². The molecule has 1 heterocycles. The fraction of sp³-hybridized carbons (Fsp3) is 0.538. The van der Waals surface area contributed by atoms with Gasteiger partial charge < -0.3 is 15.0 Å². The van der Waals surface area contributed by atoms with Crippen LogP contribution in [0.4, 0.5) is 0 Å². The maximum Gasteiger partial charge on any atom is 0.0639 e. The number of nitrogens with zero attached hydrogens (tertiary/aromatic N) is 1. The first-order valence-electron chi connectivity index (χ1n) is 5.91. The Morgan fingerprint density at radius 2 is 2.29 bits per heavy atom. The molecule has 4 heteroatoms. The summed E-state index contributed by atoms with van der Waals surface area (Å²) in [5.74, 6) is 0. The van der Waals surface area contributed by atoms with Crippen LogP contribution in [0.2, 0.25) is 0 Å². The quantitative estimate of drug-likeness (QED) is 0.924. The van der Waals surface area contributed by atoms with E-state index in [1.54, 1.807) is 0 Å². The summed E-state index contributed by atoms with van der Waals surface area (Å²) in [4.78, 5) is 2.24. The van der Waals surface area contributed by atoms with Crippen molar-refractivity contribution in [1.29, 1.82) is 0 Å². The summed E-state index contributed by atoms with van der Waals surface area (Å²) in [7, 11) is 4.23. The van der Waals surface area contributed by atoms with Gasteiger partial charge in [0.05, 0.1) is 25.3 Å². The van der Waals surface area contributed by atoms with Gasteiger partial charge in [-0.05, 0) is 31.8 Å². The summed E-state index contributed by atoms with van der Waals surface area (Å²) in [6.07, 6.45) is 0. The van der Waals surface area contributed by atoms with Crippen molar-refractivity contribution in [3.63, 3.8) is 0 Å². The number of rotatable bonds is 3. The third-order valence-corrected chi connectivity index (χ3v) is 3.57. The maximum absolute atomic E-state index is 5.56. The van der Waals surface area contributed by atoms with Gasteiger partial charge in [0.2, 0.25) is 0 Å². The van der Waals surface area contributed by atoms with Crippen LogP contribution in [-0.2, 0) is 4.74 Å². The zero-order valence-electron chi connectivity index (χ0n) is 10.3. The minimum Gasteiger partial charge on any atom is -0.378 e. The number of ether oxygens (including phenoxy) is 1. The lowest BCUT2D eigenvalue weighted by Crippen LogP contribution is -2.48. The lowest BCUT2D eigenvalue weighted by atomic mass is 9.98. The van der Waals surface area contributed by atoms with Crippen molar-refractivity contribution < 1.29 is 4.74 Å². The molecule has 0 aliphatic carbocycles. The molecule has 0 aromatic heterocycles. The van der Waals surface area contributed by atoms with E-state index >= 15 is 0 Å². The third kappa shape index (κ3) is 3.28. The molecule has 2 unspecified atom stereocenters. The van der Waals surface area contributed by atoms with Gasteiger partial charge in [0.1, 0.15) is 0 Å². The van der Waals surface area contributed by atoms with E-state index in [0.717, 1.165) is 24.2 Å². The standard InChI is InChI=1S/C13H19BrN2O/c1-16(2)13(12-9-17-7-6-15-12)10-4-3-5-11(14)8-10/h3-5,8,12-13,15H,6-7,9H2,1-2H3. The van der Waals surface area contributed by atoms with Gasteiger partial charge in [-0.25, -0.2) is 0 Å². The number of nitrogens with one attached hydrogen (secondary N) is 1. The van der Waals surface area contributed by atoms with E-state index in [9.17, 15) is 0 Å². The Balaban J connectivity index is 2.21. The Hall–Kier alpha value is -0.420. The Bertz CT molecular complexity index is 364. The number of hydrogen-bond acceptors (Lipinski definition) is 3. The molecule has 94 valence electrons. The van der Waals surface area contributed by atoms with Crippen LogP contribution >= 0.6 is 15.9 Å². The van der Waals surface area contributed by atoms with Crippen LogP contribution in [0.5, 0.6) is 0 Å². The van der Waals surface area contributed by atoms with E-state index < -0.39 is 0 Å². The van der Waals surface area contributed by atoms with E-state index in [1.807, 2.05) is 0 Å². The summed E-state index contributed by atoms with van der Waals surface area (Å²) in [6.45, 7) is 2.52. The van der Waals surface area contributed by atoms with Crippen LogP contribution in [0.25, 0.3) is 0 Å². The molecule has 1 aromatic carbocycles.